The fourth-order valence-electron chi connectivity index (χ4n) is 2.11. The Morgan fingerprint density at radius 2 is 1.89 bits per heavy atom. The number of hydrogen-bond donors (Lipinski definition) is 0. The van der Waals surface area contributed by atoms with E-state index in [-0.39, 0.29) is 5.92 Å². The Labute approximate surface area is 108 Å². The average Bonchev–Trinajstić information content (AvgIpc) is 2.46. The zero-order chi connectivity index (χ0) is 12.8. The van der Waals surface area contributed by atoms with Crippen molar-refractivity contribution in [2.24, 2.45) is 5.92 Å². The van der Waals surface area contributed by atoms with E-state index in [9.17, 15) is 4.79 Å². The third kappa shape index (κ3) is 3.36. The number of carbonyl (C=O) groups is 1. The summed E-state index contributed by atoms with van der Waals surface area (Å²) in [6.07, 6.45) is 7.24. The Morgan fingerprint density at radius 1 is 1.22 bits per heavy atom. The lowest BCUT2D eigenvalue weighted by Gasteiger charge is -2.28. The largest absolute Gasteiger partial charge is 0.497 e. The minimum Gasteiger partial charge on any atom is -0.497 e. The minimum atomic E-state index is 0.260. The molecule has 0 aromatic heterocycles. The molecule has 0 spiro atoms. The van der Waals surface area contributed by atoms with Gasteiger partial charge in [-0.15, -0.1) is 0 Å². The Balaban J connectivity index is 1.88. The van der Waals surface area contributed by atoms with Crippen LogP contribution in [-0.4, -0.2) is 31.4 Å². The van der Waals surface area contributed by atoms with E-state index in [1.807, 2.05) is 24.3 Å². The van der Waals surface area contributed by atoms with Crippen molar-refractivity contribution < 1.29 is 9.53 Å². The van der Waals surface area contributed by atoms with E-state index < -0.39 is 0 Å². The lowest BCUT2D eigenvalue weighted by atomic mass is 9.99. The van der Waals surface area contributed by atoms with Gasteiger partial charge >= 0.3 is 0 Å². The summed E-state index contributed by atoms with van der Waals surface area (Å²) < 4.78 is 5.12. The predicted octanol–water partition coefficient (Wildman–Crippen LogP) is 2.58. The Bertz CT molecular complexity index is 403. The number of aldehydes is 1. The highest BCUT2D eigenvalue weighted by Gasteiger charge is 2.15. The van der Waals surface area contributed by atoms with Crippen molar-refractivity contribution in [2.45, 2.75) is 12.8 Å². The first-order chi connectivity index (χ1) is 8.81. The number of likely N-dealkylation sites (tertiary alicyclic amines) is 1. The number of methoxy groups -OCH3 is 1. The van der Waals surface area contributed by atoms with Crippen LogP contribution in [0.5, 0.6) is 5.75 Å². The fraction of sp³-hybridized carbons (Fsp3) is 0.400. The van der Waals surface area contributed by atoms with Crippen LogP contribution in [0.1, 0.15) is 18.4 Å². The van der Waals surface area contributed by atoms with Gasteiger partial charge in [0.25, 0.3) is 0 Å². The summed E-state index contributed by atoms with van der Waals surface area (Å²) in [4.78, 5) is 12.9. The summed E-state index contributed by atoms with van der Waals surface area (Å²) in [6.45, 7) is 1.94. The molecule has 0 bridgehead atoms. The van der Waals surface area contributed by atoms with Crippen LogP contribution in [-0.2, 0) is 4.79 Å². The molecule has 0 saturated carbocycles. The van der Waals surface area contributed by atoms with Gasteiger partial charge < -0.3 is 14.4 Å². The van der Waals surface area contributed by atoms with Gasteiger partial charge in [0.1, 0.15) is 12.0 Å². The molecule has 0 amide bonds. The van der Waals surface area contributed by atoms with Gasteiger partial charge in [0.15, 0.2) is 0 Å². The van der Waals surface area contributed by atoms with E-state index in [4.69, 9.17) is 4.74 Å². The molecular weight excluding hydrogens is 226 g/mol. The van der Waals surface area contributed by atoms with E-state index in [1.165, 1.54) is 0 Å². The van der Waals surface area contributed by atoms with Gasteiger partial charge in [-0.05, 0) is 42.8 Å². The van der Waals surface area contributed by atoms with Crippen molar-refractivity contribution in [3.8, 4) is 5.75 Å². The van der Waals surface area contributed by atoms with Crippen molar-refractivity contribution in [3.63, 3.8) is 0 Å². The topological polar surface area (TPSA) is 29.5 Å². The van der Waals surface area contributed by atoms with Crippen molar-refractivity contribution in [1.82, 2.24) is 4.90 Å². The second-order valence-corrected chi connectivity index (χ2v) is 4.60. The van der Waals surface area contributed by atoms with Gasteiger partial charge in [-0.25, -0.2) is 0 Å². The molecular formula is C15H19NO2. The molecule has 0 atom stereocenters. The van der Waals surface area contributed by atoms with Crippen LogP contribution in [0.4, 0.5) is 0 Å². The quantitative estimate of drug-likeness (QED) is 0.764. The molecule has 3 nitrogen and oxygen atoms in total. The van der Waals surface area contributed by atoms with Crippen LogP contribution in [0, 0.1) is 5.92 Å². The Hall–Kier alpha value is -1.77. The predicted molar refractivity (Wildman–Crippen MR) is 72.4 cm³/mol. The van der Waals surface area contributed by atoms with E-state index in [1.54, 1.807) is 7.11 Å². The number of carbonyl (C=O) groups excluding carboxylic acids is 1. The van der Waals surface area contributed by atoms with Crippen LogP contribution in [0.2, 0.25) is 0 Å². The van der Waals surface area contributed by atoms with Gasteiger partial charge in [0, 0.05) is 19.0 Å². The van der Waals surface area contributed by atoms with E-state index in [2.05, 4.69) is 17.2 Å². The molecule has 96 valence electrons. The number of benzene rings is 1. The van der Waals surface area contributed by atoms with Crippen LogP contribution in [0.3, 0.4) is 0 Å². The van der Waals surface area contributed by atoms with Gasteiger partial charge in [-0.2, -0.15) is 0 Å². The second kappa shape index (κ2) is 6.24. The standard InChI is InChI=1S/C15H19NO2/c1-18-15-4-2-13(3-5-15)6-9-16-10-7-14(12-17)8-11-16/h2-6,9,12,14H,7-8,10-11H2,1H3. The maximum absolute atomic E-state index is 10.7. The normalized spacial score (nSPS) is 17.1. The molecule has 1 aliphatic heterocycles. The maximum atomic E-state index is 10.7. The van der Waals surface area contributed by atoms with E-state index in [0.717, 1.165) is 43.5 Å². The summed E-state index contributed by atoms with van der Waals surface area (Å²) in [6, 6.07) is 7.98. The van der Waals surface area contributed by atoms with Gasteiger partial charge in [0.2, 0.25) is 0 Å². The summed E-state index contributed by atoms with van der Waals surface area (Å²) in [5, 5.41) is 0. The van der Waals surface area contributed by atoms with Gasteiger partial charge in [0.05, 0.1) is 7.11 Å². The molecule has 2 rings (SSSR count). The van der Waals surface area contributed by atoms with Crippen LogP contribution in [0.15, 0.2) is 30.5 Å². The first-order valence-electron chi connectivity index (χ1n) is 6.33. The first-order valence-corrected chi connectivity index (χ1v) is 6.33. The highest BCUT2D eigenvalue weighted by atomic mass is 16.5. The molecule has 0 unspecified atom stereocenters. The smallest absolute Gasteiger partial charge is 0.123 e. The number of nitrogens with zero attached hydrogens (tertiary/aromatic N) is 1. The SMILES string of the molecule is COc1ccc(C=CN2CCC(C=O)CC2)cc1. The molecule has 1 heterocycles. The highest BCUT2D eigenvalue weighted by molar-refractivity contribution is 5.54. The van der Waals surface area contributed by atoms with Crippen molar-refractivity contribution in [2.75, 3.05) is 20.2 Å². The minimum absolute atomic E-state index is 0.260. The monoisotopic (exact) mass is 245 g/mol. The average molecular weight is 245 g/mol. The zero-order valence-corrected chi connectivity index (χ0v) is 10.7. The number of rotatable bonds is 4. The third-order valence-corrected chi connectivity index (χ3v) is 3.36. The molecule has 18 heavy (non-hydrogen) atoms. The van der Waals surface area contributed by atoms with Crippen molar-refractivity contribution in [3.05, 3.63) is 36.0 Å². The zero-order valence-electron chi connectivity index (χ0n) is 10.7. The molecule has 1 saturated heterocycles. The lowest BCUT2D eigenvalue weighted by Crippen LogP contribution is -2.29. The molecule has 0 N–H and O–H groups in total. The molecule has 3 heteroatoms. The molecule has 1 aromatic rings. The molecule has 1 aromatic carbocycles. The second-order valence-electron chi connectivity index (χ2n) is 4.60. The molecule has 0 aliphatic carbocycles. The lowest BCUT2D eigenvalue weighted by molar-refractivity contribution is -0.112. The van der Waals surface area contributed by atoms with Crippen LogP contribution < -0.4 is 4.74 Å². The Morgan fingerprint density at radius 3 is 2.44 bits per heavy atom. The number of hydrogen-bond acceptors (Lipinski definition) is 3. The molecule has 1 aliphatic rings. The van der Waals surface area contributed by atoms with Crippen molar-refractivity contribution in [1.29, 1.82) is 0 Å². The highest BCUT2D eigenvalue weighted by Crippen LogP contribution is 2.16. The molecule has 1 fully saturated rings. The molecule has 0 radical (unpaired) electrons. The Kier molecular flexibility index (Phi) is 4.40. The fourth-order valence-corrected chi connectivity index (χ4v) is 2.11. The van der Waals surface area contributed by atoms with Gasteiger partial charge in [-0.1, -0.05) is 12.1 Å². The van der Waals surface area contributed by atoms with E-state index >= 15 is 0 Å². The summed E-state index contributed by atoms with van der Waals surface area (Å²) >= 11 is 0. The number of ether oxygens (including phenoxy) is 1. The summed E-state index contributed by atoms with van der Waals surface area (Å²) in [5.74, 6) is 1.13. The van der Waals surface area contributed by atoms with E-state index in [0.29, 0.717) is 0 Å². The summed E-state index contributed by atoms with van der Waals surface area (Å²) in [5.41, 5.74) is 1.16. The van der Waals surface area contributed by atoms with Crippen LogP contribution in [0.25, 0.3) is 6.08 Å². The number of piperidine rings is 1. The van der Waals surface area contributed by atoms with Crippen molar-refractivity contribution >= 4 is 12.4 Å². The summed E-state index contributed by atoms with van der Waals surface area (Å²) in [7, 11) is 1.67. The maximum Gasteiger partial charge on any atom is 0.123 e. The third-order valence-electron chi connectivity index (χ3n) is 3.36. The first kappa shape index (κ1) is 12.7. The van der Waals surface area contributed by atoms with Gasteiger partial charge in [-0.3, -0.25) is 0 Å². The van der Waals surface area contributed by atoms with Crippen LogP contribution >= 0.6 is 0 Å².